The molecule has 2 heterocycles. The van der Waals surface area contributed by atoms with E-state index in [2.05, 4.69) is 164 Å². The molecule has 0 N–H and O–H groups in total. The molecular formula is C42H30N2. The summed E-state index contributed by atoms with van der Waals surface area (Å²) in [6.07, 6.45) is 0. The van der Waals surface area contributed by atoms with Gasteiger partial charge < -0.3 is 0 Å². The van der Waals surface area contributed by atoms with E-state index in [-0.39, 0.29) is 5.41 Å². The predicted octanol–water partition coefficient (Wildman–Crippen LogP) is 11.0. The van der Waals surface area contributed by atoms with Crippen LogP contribution in [0, 0.1) is 0 Å². The van der Waals surface area contributed by atoms with Crippen LogP contribution >= 0.6 is 0 Å². The van der Waals surface area contributed by atoms with Crippen molar-refractivity contribution >= 4 is 32.6 Å². The van der Waals surface area contributed by atoms with Gasteiger partial charge in [0, 0.05) is 27.1 Å². The fourth-order valence-corrected chi connectivity index (χ4v) is 7.40. The van der Waals surface area contributed by atoms with E-state index in [0.29, 0.717) is 0 Å². The van der Waals surface area contributed by atoms with Crippen LogP contribution in [0.4, 0.5) is 0 Å². The molecule has 0 atom stereocenters. The summed E-state index contributed by atoms with van der Waals surface area (Å²) in [6, 6.07) is 52.8. The number of fused-ring (bicyclic) bond motifs is 7. The van der Waals surface area contributed by atoms with Crippen molar-refractivity contribution in [1.82, 2.24) is 9.55 Å². The van der Waals surface area contributed by atoms with Crippen molar-refractivity contribution in [2.24, 2.45) is 0 Å². The molecule has 2 nitrogen and oxygen atoms in total. The minimum absolute atomic E-state index is 0.0379. The van der Waals surface area contributed by atoms with E-state index in [9.17, 15) is 0 Å². The van der Waals surface area contributed by atoms with Gasteiger partial charge in [0.25, 0.3) is 0 Å². The van der Waals surface area contributed by atoms with Gasteiger partial charge in [-0.25, -0.2) is 4.98 Å². The molecule has 0 spiro atoms. The molecular weight excluding hydrogens is 532 g/mol. The Kier molecular flexibility index (Phi) is 5.28. The smallest absolute Gasteiger partial charge is 0.138 e. The number of aromatic nitrogens is 2. The van der Waals surface area contributed by atoms with Gasteiger partial charge in [-0.3, -0.25) is 4.57 Å². The average molecular weight is 563 g/mol. The molecule has 0 aliphatic heterocycles. The maximum absolute atomic E-state index is 5.37. The summed E-state index contributed by atoms with van der Waals surface area (Å²) in [6.45, 7) is 4.69. The molecule has 0 bridgehead atoms. The lowest BCUT2D eigenvalue weighted by molar-refractivity contribution is 0.660. The molecule has 1 aliphatic rings. The second-order valence-corrected chi connectivity index (χ2v) is 12.4. The van der Waals surface area contributed by atoms with E-state index in [1.54, 1.807) is 0 Å². The first-order valence-electron chi connectivity index (χ1n) is 15.3. The number of rotatable bonds is 3. The number of benzene rings is 6. The molecule has 9 rings (SSSR count). The van der Waals surface area contributed by atoms with Gasteiger partial charge in [0.15, 0.2) is 0 Å². The highest BCUT2D eigenvalue weighted by Gasteiger charge is 2.35. The quantitative estimate of drug-likeness (QED) is 0.209. The third-order valence-corrected chi connectivity index (χ3v) is 9.59. The van der Waals surface area contributed by atoms with E-state index in [0.717, 1.165) is 33.5 Å². The molecule has 6 aromatic carbocycles. The Hall–Kier alpha value is -5.47. The highest BCUT2D eigenvalue weighted by atomic mass is 15.1. The fourth-order valence-electron chi connectivity index (χ4n) is 7.40. The lowest BCUT2D eigenvalue weighted by Crippen LogP contribution is -2.14. The third kappa shape index (κ3) is 3.58. The molecule has 2 heteroatoms. The van der Waals surface area contributed by atoms with Crippen molar-refractivity contribution in [2.75, 3.05) is 0 Å². The molecule has 1 aliphatic carbocycles. The highest BCUT2D eigenvalue weighted by Crippen LogP contribution is 2.49. The van der Waals surface area contributed by atoms with E-state index in [1.165, 1.54) is 49.5 Å². The maximum Gasteiger partial charge on any atom is 0.138 e. The molecule has 0 saturated carbocycles. The highest BCUT2D eigenvalue weighted by molar-refractivity contribution is 6.10. The molecule has 8 aromatic rings. The van der Waals surface area contributed by atoms with Crippen molar-refractivity contribution in [3.05, 3.63) is 157 Å². The SMILES string of the molecule is CC1(C)c2ccccc2-c2ccc(-c3ccc4c5ccccc5n(-c5cc6ccccc6c(-c6ccccc6)n5)c4c3)cc21. The van der Waals surface area contributed by atoms with Gasteiger partial charge in [0.2, 0.25) is 0 Å². The van der Waals surface area contributed by atoms with E-state index in [4.69, 9.17) is 4.98 Å². The lowest BCUT2D eigenvalue weighted by atomic mass is 9.81. The zero-order valence-corrected chi connectivity index (χ0v) is 24.8. The van der Waals surface area contributed by atoms with Crippen molar-refractivity contribution in [1.29, 1.82) is 0 Å². The summed E-state index contributed by atoms with van der Waals surface area (Å²) in [5.41, 5.74) is 12.3. The molecule has 2 aromatic heterocycles. The molecule has 0 amide bonds. The minimum Gasteiger partial charge on any atom is -0.294 e. The van der Waals surface area contributed by atoms with Gasteiger partial charge in [-0.2, -0.15) is 0 Å². The van der Waals surface area contributed by atoms with Crippen molar-refractivity contribution < 1.29 is 0 Å². The number of hydrogen-bond donors (Lipinski definition) is 0. The van der Waals surface area contributed by atoms with Crippen molar-refractivity contribution in [2.45, 2.75) is 19.3 Å². The van der Waals surface area contributed by atoms with Crippen molar-refractivity contribution in [3.63, 3.8) is 0 Å². The number of para-hydroxylation sites is 1. The predicted molar refractivity (Wildman–Crippen MR) is 185 cm³/mol. The van der Waals surface area contributed by atoms with E-state index < -0.39 is 0 Å². The second kappa shape index (κ2) is 9.26. The van der Waals surface area contributed by atoms with Gasteiger partial charge in [0.1, 0.15) is 5.82 Å². The second-order valence-electron chi connectivity index (χ2n) is 12.4. The summed E-state index contributed by atoms with van der Waals surface area (Å²) in [4.78, 5) is 5.37. The summed E-state index contributed by atoms with van der Waals surface area (Å²) in [5.74, 6) is 0.927. The first-order valence-corrected chi connectivity index (χ1v) is 15.3. The lowest BCUT2D eigenvalue weighted by Gasteiger charge is -2.22. The van der Waals surface area contributed by atoms with Crippen LogP contribution in [0.2, 0.25) is 0 Å². The van der Waals surface area contributed by atoms with Gasteiger partial charge in [-0.1, -0.05) is 135 Å². The largest absolute Gasteiger partial charge is 0.294 e. The first kappa shape index (κ1) is 25.1. The number of nitrogens with zero attached hydrogens (tertiary/aromatic N) is 2. The molecule has 0 fully saturated rings. The Bertz CT molecular complexity index is 2410. The fraction of sp³-hybridized carbons (Fsp3) is 0.0714. The van der Waals surface area contributed by atoms with Crippen LogP contribution in [-0.4, -0.2) is 9.55 Å². The molecule has 0 radical (unpaired) electrons. The Morgan fingerprint density at radius 1 is 0.477 bits per heavy atom. The zero-order chi connectivity index (χ0) is 29.4. The monoisotopic (exact) mass is 562 g/mol. The summed E-state index contributed by atoms with van der Waals surface area (Å²) < 4.78 is 2.35. The van der Waals surface area contributed by atoms with Gasteiger partial charge in [0.05, 0.1) is 16.7 Å². The van der Waals surface area contributed by atoms with Crippen LogP contribution < -0.4 is 0 Å². The van der Waals surface area contributed by atoms with Crippen LogP contribution in [0.3, 0.4) is 0 Å². The zero-order valence-electron chi connectivity index (χ0n) is 24.8. The van der Waals surface area contributed by atoms with Gasteiger partial charge >= 0.3 is 0 Å². The first-order chi connectivity index (χ1) is 21.6. The average Bonchev–Trinajstić information content (AvgIpc) is 3.53. The van der Waals surface area contributed by atoms with Gasteiger partial charge in [-0.15, -0.1) is 0 Å². The minimum atomic E-state index is -0.0379. The third-order valence-electron chi connectivity index (χ3n) is 9.59. The Morgan fingerprint density at radius 3 is 2.02 bits per heavy atom. The Balaban J connectivity index is 1.28. The van der Waals surface area contributed by atoms with Crippen LogP contribution in [0.15, 0.2) is 146 Å². The molecule has 0 saturated heterocycles. The topological polar surface area (TPSA) is 17.8 Å². The van der Waals surface area contributed by atoms with Gasteiger partial charge in [-0.05, 0) is 63.0 Å². The standard InChI is InChI=1S/C42H30N2/c1-42(2)36-18-10-8-16-32(36)33-22-20-28(24-37(33)42)29-21-23-35-34-17-9-11-19-38(34)44(39(35)25-29)40-26-30-14-6-7-15-31(30)41(43-40)27-12-4-3-5-13-27/h3-26H,1-2H3. The molecule has 44 heavy (non-hydrogen) atoms. The number of pyridine rings is 1. The van der Waals surface area contributed by atoms with E-state index in [1.807, 2.05) is 0 Å². The van der Waals surface area contributed by atoms with Crippen LogP contribution in [0.5, 0.6) is 0 Å². The summed E-state index contributed by atoms with van der Waals surface area (Å²) >= 11 is 0. The maximum atomic E-state index is 5.37. The number of hydrogen-bond acceptors (Lipinski definition) is 1. The normalized spacial score (nSPS) is 13.4. The summed E-state index contributed by atoms with van der Waals surface area (Å²) in [7, 11) is 0. The van der Waals surface area contributed by atoms with Crippen LogP contribution in [0.1, 0.15) is 25.0 Å². The van der Waals surface area contributed by atoms with Crippen LogP contribution in [-0.2, 0) is 5.41 Å². The van der Waals surface area contributed by atoms with Crippen LogP contribution in [0.25, 0.3) is 71.9 Å². The Morgan fingerprint density at radius 2 is 1.14 bits per heavy atom. The molecule has 0 unspecified atom stereocenters. The van der Waals surface area contributed by atoms with E-state index >= 15 is 0 Å². The Labute approximate surface area is 256 Å². The van der Waals surface area contributed by atoms with Crippen molar-refractivity contribution in [3.8, 4) is 39.3 Å². The summed E-state index contributed by atoms with van der Waals surface area (Å²) in [5, 5.41) is 4.80. The molecule has 208 valence electrons.